The van der Waals surface area contributed by atoms with Crippen LogP contribution in [0.1, 0.15) is 23.2 Å². The van der Waals surface area contributed by atoms with Crippen LogP contribution in [0.25, 0.3) is 0 Å². The molecule has 4 rings (SSSR count). The summed E-state index contributed by atoms with van der Waals surface area (Å²) in [6.45, 7) is 1.84. The molecular weight excluding hydrogens is 446 g/mol. The third-order valence-corrected chi connectivity index (χ3v) is 7.54. The zero-order chi connectivity index (χ0) is 22.7. The van der Waals surface area contributed by atoms with Crippen LogP contribution in [0, 0.1) is 0 Å². The summed E-state index contributed by atoms with van der Waals surface area (Å²) in [5, 5.41) is 3.43. The highest BCUT2D eigenvalue weighted by molar-refractivity contribution is 7.92. The van der Waals surface area contributed by atoms with Gasteiger partial charge in [0.1, 0.15) is 0 Å². The molecule has 0 aromatic heterocycles. The molecule has 0 bridgehead atoms. The van der Waals surface area contributed by atoms with E-state index in [0.29, 0.717) is 16.4 Å². The summed E-state index contributed by atoms with van der Waals surface area (Å²) in [7, 11) is -2.33. The van der Waals surface area contributed by atoms with E-state index in [1.54, 1.807) is 48.5 Å². The van der Waals surface area contributed by atoms with E-state index in [0.717, 1.165) is 31.6 Å². The van der Waals surface area contributed by atoms with Crippen LogP contribution in [0.4, 0.5) is 17.1 Å². The first-order valence-corrected chi connectivity index (χ1v) is 12.2. The molecule has 32 heavy (non-hydrogen) atoms. The van der Waals surface area contributed by atoms with Gasteiger partial charge in [-0.15, -0.1) is 0 Å². The normalized spacial score (nSPS) is 13.8. The summed E-state index contributed by atoms with van der Waals surface area (Å²) in [5.74, 6) is -0.396. The third kappa shape index (κ3) is 4.59. The Morgan fingerprint density at radius 3 is 2.41 bits per heavy atom. The number of nitrogens with one attached hydrogen (secondary N) is 1. The molecule has 0 radical (unpaired) electrons. The smallest absolute Gasteiger partial charge is 0.264 e. The lowest BCUT2D eigenvalue weighted by atomic mass is 10.2. The molecule has 1 aliphatic heterocycles. The number of rotatable bonds is 6. The van der Waals surface area contributed by atoms with Crippen LogP contribution in [0.15, 0.2) is 77.7 Å². The van der Waals surface area contributed by atoms with Gasteiger partial charge in [0.15, 0.2) is 0 Å². The molecule has 3 aromatic rings. The largest absolute Gasteiger partial charge is 0.370 e. The number of carbonyl (C=O) groups is 1. The number of halogens is 1. The highest BCUT2D eigenvalue weighted by Gasteiger charge is 2.23. The van der Waals surface area contributed by atoms with Gasteiger partial charge in [0.2, 0.25) is 0 Å². The van der Waals surface area contributed by atoms with Crippen molar-refractivity contribution >= 4 is 44.6 Å². The van der Waals surface area contributed by atoms with Gasteiger partial charge in [-0.25, -0.2) is 8.42 Å². The Hall–Kier alpha value is -3.03. The summed E-state index contributed by atoms with van der Waals surface area (Å²) < 4.78 is 27.4. The lowest BCUT2D eigenvalue weighted by molar-refractivity contribution is 0.102. The van der Waals surface area contributed by atoms with E-state index in [4.69, 9.17) is 11.6 Å². The van der Waals surface area contributed by atoms with E-state index in [9.17, 15) is 13.2 Å². The van der Waals surface area contributed by atoms with Crippen molar-refractivity contribution in [3.8, 4) is 0 Å². The summed E-state index contributed by atoms with van der Waals surface area (Å²) in [5.41, 5.74) is 2.31. The maximum absolute atomic E-state index is 13.1. The van der Waals surface area contributed by atoms with E-state index in [1.807, 2.05) is 12.1 Å². The zero-order valence-electron chi connectivity index (χ0n) is 17.7. The third-order valence-electron chi connectivity index (χ3n) is 5.53. The van der Waals surface area contributed by atoms with Crippen molar-refractivity contribution in [2.24, 2.45) is 0 Å². The van der Waals surface area contributed by atoms with Crippen molar-refractivity contribution in [2.45, 2.75) is 17.7 Å². The number of para-hydroxylation sites is 1. The summed E-state index contributed by atoms with van der Waals surface area (Å²) in [4.78, 5) is 15.3. The average molecular weight is 470 g/mol. The molecule has 0 unspecified atom stereocenters. The van der Waals surface area contributed by atoms with Crippen LogP contribution in [-0.2, 0) is 10.0 Å². The van der Waals surface area contributed by atoms with Crippen LogP contribution in [0.5, 0.6) is 0 Å². The number of carbonyl (C=O) groups excluding carboxylic acids is 1. The Balaban J connectivity index is 1.60. The maximum atomic E-state index is 13.1. The van der Waals surface area contributed by atoms with Gasteiger partial charge in [-0.1, -0.05) is 35.9 Å². The highest BCUT2D eigenvalue weighted by Crippen LogP contribution is 2.32. The van der Waals surface area contributed by atoms with Crippen molar-refractivity contribution in [1.82, 2.24) is 0 Å². The topological polar surface area (TPSA) is 69.7 Å². The number of hydrogen-bond acceptors (Lipinski definition) is 4. The number of anilines is 3. The van der Waals surface area contributed by atoms with Gasteiger partial charge in [0.25, 0.3) is 15.9 Å². The molecule has 6 nitrogen and oxygen atoms in total. The van der Waals surface area contributed by atoms with Crippen molar-refractivity contribution < 1.29 is 13.2 Å². The first-order valence-electron chi connectivity index (χ1n) is 10.4. The standard InChI is InChI=1S/C24H24ClN3O3S/c1-27(20-9-3-2-4-10-20)32(30,31)21-11-7-8-18(16-21)24(29)26-22-17-19(25)12-13-23(22)28-14-5-6-15-28/h2-4,7-13,16-17H,5-6,14-15H2,1H3,(H,26,29). The van der Waals surface area contributed by atoms with Crippen LogP contribution in [0.3, 0.4) is 0 Å². The summed E-state index contributed by atoms with van der Waals surface area (Å²) in [6, 6.07) is 20.3. The summed E-state index contributed by atoms with van der Waals surface area (Å²) >= 11 is 6.18. The van der Waals surface area contributed by atoms with E-state index in [-0.39, 0.29) is 10.5 Å². The predicted molar refractivity (Wildman–Crippen MR) is 129 cm³/mol. The van der Waals surface area contributed by atoms with Gasteiger partial charge < -0.3 is 10.2 Å². The minimum Gasteiger partial charge on any atom is -0.370 e. The molecule has 8 heteroatoms. The number of amides is 1. The van der Waals surface area contributed by atoms with Crippen molar-refractivity contribution in [3.63, 3.8) is 0 Å². The second kappa shape index (κ2) is 9.22. The zero-order valence-corrected chi connectivity index (χ0v) is 19.2. The molecule has 1 fully saturated rings. The molecule has 166 valence electrons. The Labute approximate surface area is 193 Å². The van der Waals surface area contributed by atoms with E-state index >= 15 is 0 Å². The number of nitrogens with zero attached hydrogens (tertiary/aromatic N) is 2. The van der Waals surface area contributed by atoms with Crippen LogP contribution in [-0.4, -0.2) is 34.5 Å². The van der Waals surface area contributed by atoms with Gasteiger partial charge in [-0.2, -0.15) is 0 Å². The monoisotopic (exact) mass is 469 g/mol. The molecule has 1 heterocycles. The molecule has 1 amide bonds. The highest BCUT2D eigenvalue weighted by atomic mass is 35.5. The minimum atomic E-state index is -3.82. The first kappa shape index (κ1) is 22.2. The first-order chi connectivity index (χ1) is 15.4. The quantitative estimate of drug-likeness (QED) is 0.550. The van der Waals surface area contributed by atoms with Crippen LogP contribution >= 0.6 is 11.6 Å². The lowest BCUT2D eigenvalue weighted by Crippen LogP contribution is -2.27. The summed E-state index contributed by atoms with van der Waals surface area (Å²) in [6.07, 6.45) is 2.20. The average Bonchev–Trinajstić information content (AvgIpc) is 3.34. The van der Waals surface area contributed by atoms with Gasteiger partial charge in [0.05, 0.1) is 22.0 Å². The SMILES string of the molecule is CN(c1ccccc1)S(=O)(=O)c1cccc(C(=O)Nc2cc(Cl)ccc2N2CCCC2)c1. The van der Waals surface area contributed by atoms with Gasteiger partial charge in [0, 0.05) is 30.7 Å². The molecular formula is C24H24ClN3O3S. The number of hydrogen-bond donors (Lipinski definition) is 1. The number of sulfonamides is 1. The molecule has 3 aromatic carbocycles. The van der Waals surface area contributed by atoms with Crippen molar-refractivity contribution in [1.29, 1.82) is 0 Å². The van der Waals surface area contributed by atoms with Crippen molar-refractivity contribution in [2.75, 3.05) is 34.7 Å². The second-order valence-corrected chi connectivity index (χ2v) is 10.1. The lowest BCUT2D eigenvalue weighted by Gasteiger charge is -2.22. The van der Waals surface area contributed by atoms with E-state index in [1.165, 1.54) is 23.5 Å². The molecule has 1 saturated heterocycles. The molecule has 0 saturated carbocycles. The van der Waals surface area contributed by atoms with E-state index in [2.05, 4.69) is 10.2 Å². The molecule has 0 aliphatic carbocycles. The maximum Gasteiger partial charge on any atom is 0.264 e. The Bertz CT molecular complexity index is 1230. The number of benzene rings is 3. The van der Waals surface area contributed by atoms with Crippen LogP contribution in [0.2, 0.25) is 5.02 Å². The molecule has 0 spiro atoms. The fourth-order valence-electron chi connectivity index (χ4n) is 3.77. The van der Waals surface area contributed by atoms with Gasteiger partial charge >= 0.3 is 0 Å². The Morgan fingerprint density at radius 1 is 0.969 bits per heavy atom. The van der Waals surface area contributed by atoms with E-state index < -0.39 is 15.9 Å². The molecule has 0 atom stereocenters. The van der Waals surface area contributed by atoms with Gasteiger partial charge in [-0.05, 0) is 61.4 Å². The molecule has 1 aliphatic rings. The predicted octanol–water partition coefficient (Wildman–Crippen LogP) is 5.02. The van der Waals surface area contributed by atoms with Crippen molar-refractivity contribution in [3.05, 3.63) is 83.4 Å². The Morgan fingerprint density at radius 2 is 1.69 bits per heavy atom. The second-order valence-electron chi connectivity index (χ2n) is 7.65. The van der Waals surface area contributed by atoms with Gasteiger partial charge in [-0.3, -0.25) is 9.10 Å². The fraction of sp³-hybridized carbons (Fsp3) is 0.208. The Kier molecular flexibility index (Phi) is 6.39. The minimum absolute atomic E-state index is 0.0439. The fourth-order valence-corrected chi connectivity index (χ4v) is 5.18. The van der Waals surface area contributed by atoms with Crippen LogP contribution < -0.4 is 14.5 Å². The molecule has 1 N–H and O–H groups in total.